The topological polar surface area (TPSA) is 70.2 Å². The number of piperidine rings is 1. The number of hydrogen-bond donors (Lipinski definition) is 3. The minimum Gasteiger partial charge on any atom is -0.384 e. The molecule has 1 unspecified atom stereocenters. The summed E-state index contributed by atoms with van der Waals surface area (Å²) in [5, 5.41) is 8.71. The number of carbonyl (C=O) groups is 2. The number of anilines is 1. The van der Waals surface area contributed by atoms with Gasteiger partial charge in [-0.3, -0.25) is 9.59 Å². The number of carbonyl (C=O) groups excluding carboxylic acids is 2. The van der Waals surface area contributed by atoms with Crippen molar-refractivity contribution < 1.29 is 9.59 Å². The normalized spacial score (nSPS) is 20.9. The van der Waals surface area contributed by atoms with E-state index < -0.39 is 6.04 Å². The van der Waals surface area contributed by atoms with Crippen molar-refractivity contribution in [2.24, 2.45) is 0 Å². The molecule has 104 valence electrons. The van der Waals surface area contributed by atoms with Gasteiger partial charge < -0.3 is 16.0 Å². The fraction of sp³-hybridized carbons (Fsp3) is 0.333. The molecule has 0 bridgehead atoms. The Bertz CT molecular complexity index is 595. The molecule has 0 aliphatic carbocycles. The molecule has 1 aromatic rings. The zero-order valence-electron chi connectivity index (χ0n) is 11.2. The van der Waals surface area contributed by atoms with Crippen molar-refractivity contribution in [2.45, 2.75) is 25.3 Å². The summed E-state index contributed by atoms with van der Waals surface area (Å²) < 4.78 is 0. The highest BCUT2D eigenvalue weighted by Crippen LogP contribution is 2.26. The molecule has 0 saturated carbocycles. The Balaban J connectivity index is 1.76. The molecule has 0 radical (unpaired) electrons. The van der Waals surface area contributed by atoms with Gasteiger partial charge in [-0.25, -0.2) is 0 Å². The molecular weight excluding hydrogens is 254 g/mol. The van der Waals surface area contributed by atoms with E-state index in [1.165, 1.54) is 0 Å². The quantitative estimate of drug-likeness (QED) is 0.756. The number of amides is 2. The Morgan fingerprint density at radius 1 is 1.35 bits per heavy atom. The predicted octanol–water partition coefficient (Wildman–Crippen LogP) is 1.18. The number of allylic oxidation sites excluding steroid dienone is 1. The highest BCUT2D eigenvalue weighted by Gasteiger charge is 2.27. The van der Waals surface area contributed by atoms with Crippen LogP contribution in [0.1, 0.15) is 28.8 Å². The molecule has 1 saturated heterocycles. The maximum atomic E-state index is 12.3. The first-order valence-corrected chi connectivity index (χ1v) is 6.80. The van der Waals surface area contributed by atoms with Gasteiger partial charge >= 0.3 is 0 Å². The van der Waals surface area contributed by atoms with Crippen LogP contribution >= 0.6 is 0 Å². The SMILES string of the molecule is C=C1CCC(NC(=O)c2cccc3c2NCC3)C(=O)N1. The van der Waals surface area contributed by atoms with Crippen LogP contribution in [0.4, 0.5) is 5.69 Å². The highest BCUT2D eigenvalue weighted by molar-refractivity contribution is 6.03. The molecule has 1 atom stereocenters. The van der Waals surface area contributed by atoms with Gasteiger partial charge in [0.1, 0.15) is 6.04 Å². The predicted molar refractivity (Wildman–Crippen MR) is 76.4 cm³/mol. The second-order valence-electron chi connectivity index (χ2n) is 5.17. The molecule has 0 aromatic heterocycles. The van der Waals surface area contributed by atoms with Gasteiger partial charge in [0.25, 0.3) is 5.91 Å². The van der Waals surface area contributed by atoms with E-state index in [4.69, 9.17) is 0 Å². The molecule has 20 heavy (non-hydrogen) atoms. The van der Waals surface area contributed by atoms with Crippen molar-refractivity contribution in [3.8, 4) is 0 Å². The van der Waals surface area contributed by atoms with E-state index >= 15 is 0 Å². The van der Waals surface area contributed by atoms with Gasteiger partial charge in [-0.15, -0.1) is 0 Å². The Kier molecular flexibility index (Phi) is 3.18. The standard InChI is InChI=1S/C15H17N3O2/c1-9-5-6-12(15(20)17-9)18-14(19)11-4-2-3-10-7-8-16-13(10)11/h2-4,12,16H,1,5-8H2,(H,17,20)(H,18,19). The fourth-order valence-corrected chi connectivity index (χ4v) is 2.68. The van der Waals surface area contributed by atoms with Gasteiger partial charge in [-0.2, -0.15) is 0 Å². The number of benzene rings is 1. The summed E-state index contributed by atoms with van der Waals surface area (Å²) in [6.07, 6.45) is 2.22. The number of hydrogen-bond acceptors (Lipinski definition) is 3. The first-order valence-electron chi connectivity index (χ1n) is 6.80. The Hall–Kier alpha value is -2.30. The van der Waals surface area contributed by atoms with Gasteiger partial charge in [0.05, 0.1) is 11.3 Å². The smallest absolute Gasteiger partial charge is 0.254 e. The molecule has 1 aromatic carbocycles. The molecule has 2 amide bonds. The average Bonchev–Trinajstić information content (AvgIpc) is 2.90. The fourth-order valence-electron chi connectivity index (χ4n) is 2.68. The van der Waals surface area contributed by atoms with Crippen molar-refractivity contribution in [3.05, 3.63) is 41.6 Å². The Morgan fingerprint density at radius 2 is 2.20 bits per heavy atom. The second-order valence-corrected chi connectivity index (χ2v) is 5.17. The van der Waals surface area contributed by atoms with Crippen molar-refractivity contribution in [1.29, 1.82) is 0 Å². The minimum atomic E-state index is -0.481. The molecule has 1 fully saturated rings. The third-order valence-electron chi connectivity index (χ3n) is 3.75. The lowest BCUT2D eigenvalue weighted by Crippen LogP contribution is -2.49. The van der Waals surface area contributed by atoms with Crippen LogP contribution in [0.3, 0.4) is 0 Å². The van der Waals surface area contributed by atoms with Gasteiger partial charge in [-0.05, 0) is 30.9 Å². The van der Waals surface area contributed by atoms with E-state index in [-0.39, 0.29) is 11.8 Å². The van der Waals surface area contributed by atoms with E-state index in [1.54, 1.807) is 6.07 Å². The van der Waals surface area contributed by atoms with Gasteiger partial charge in [0.2, 0.25) is 5.91 Å². The lowest BCUT2D eigenvalue weighted by Gasteiger charge is -2.24. The van der Waals surface area contributed by atoms with E-state index in [2.05, 4.69) is 22.5 Å². The maximum absolute atomic E-state index is 12.3. The lowest BCUT2D eigenvalue weighted by atomic mass is 10.0. The zero-order valence-corrected chi connectivity index (χ0v) is 11.2. The molecule has 3 rings (SSSR count). The van der Waals surface area contributed by atoms with E-state index in [1.807, 2.05) is 12.1 Å². The molecule has 0 spiro atoms. The van der Waals surface area contributed by atoms with Crippen LogP contribution in [0.15, 0.2) is 30.5 Å². The summed E-state index contributed by atoms with van der Waals surface area (Å²) in [4.78, 5) is 24.1. The third kappa shape index (κ3) is 2.27. The van der Waals surface area contributed by atoms with Crippen LogP contribution in [0.5, 0.6) is 0 Å². The zero-order chi connectivity index (χ0) is 14.1. The summed E-state index contributed by atoms with van der Waals surface area (Å²) in [6, 6.07) is 5.20. The molecule has 2 aliphatic heterocycles. The maximum Gasteiger partial charge on any atom is 0.254 e. The Labute approximate surface area is 117 Å². The number of rotatable bonds is 2. The summed E-state index contributed by atoms with van der Waals surface area (Å²) in [5.41, 5.74) is 3.37. The molecular formula is C15H17N3O2. The van der Waals surface area contributed by atoms with Crippen molar-refractivity contribution in [1.82, 2.24) is 10.6 Å². The van der Waals surface area contributed by atoms with Crippen LogP contribution in [0.2, 0.25) is 0 Å². The molecule has 5 heteroatoms. The first-order chi connectivity index (χ1) is 9.65. The summed E-state index contributed by atoms with van der Waals surface area (Å²) in [7, 11) is 0. The van der Waals surface area contributed by atoms with E-state index in [9.17, 15) is 9.59 Å². The van der Waals surface area contributed by atoms with E-state index in [0.717, 1.165) is 24.2 Å². The van der Waals surface area contributed by atoms with Crippen molar-refractivity contribution in [2.75, 3.05) is 11.9 Å². The summed E-state index contributed by atoms with van der Waals surface area (Å²) in [6.45, 7) is 4.58. The molecule has 2 heterocycles. The van der Waals surface area contributed by atoms with Gasteiger partial charge in [-0.1, -0.05) is 18.7 Å². The third-order valence-corrected chi connectivity index (χ3v) is 3.75. The van der Waals surface area contributed by atoms with Crippen molar-refractivity contribution in [3.63, 3.8) is 0 Å². The number of fused-ring (bicyclic) bond motifs is 1. The molecule has 5 nitrogen and oxygen atoms in total. The Morgan fingerprint density at radius 3 is 3.00 bits per heavy atom. The van der Waals surface area contributed by atoms with Crippen LogP contribution in [-0.4, -0.2) is 24.4 Å². The monoisotopic (exact) mass is 271 g/mol. The van der Waals surface area contributed by atoms with Crippen LogP contribution in [0, 0.1) is 0 Å². The average molecular weight is 271 g/mol. The largest absolute Gasteiger partial charge is 0.384 e. The first kappa shape index (κ1) is 12.7. The molecule has 3 N–H and O–H groups in total. The summed E-state index contributed by atoms with van der Waals surface area (Å²) in [5.74, 6) is -0.390. The van der Waals surface area contributed by atoms with E-state index in [0.29, 0.717) is 24.1 Å². The van der Waals surface area contributed by atoms with Crippen LogP contribution in [-0.2, 0) is 11.2 Å². The highest BCUT2D eigenvalue weighted by atomic mass is 16.2. The minimum absolute atomic E-state index is 0.185. The van der Waals surface area contributed by atoms with Crippen molar-refractivity contribution >= 4 is 17.5 Å². The van der Waals surface area contributed by atoms with Crippen LogP contribution < -0.4 is 16.0 Å². The molecule has 2 aliphatic rings. The summed E-state index contributed by atoms with van der Waals surface area (Å²) >= 11 is 0. The number of nitrogens with one attached hydrogen (secondary N) is 3. The number of para-hydroxylation sites is 1. The van der Waals surface area contributed by atoms with Crippen LogP contribution in [0.25, 0.3) is 0 Å². The van der Waals surface area contributed by atoms with Gasteiger partial charge in [0, 0.05) is 12.2 Å². The lowest BCUT2D eigenvalue weighted by molar-refractivity contribution is -0.123. The van der Waals surface area contributed by atoms with Gasteiger partial charge in [0.15, 0.2) is 0 Å². The second kappa shape index (κ2) is 5.00.